The fraction of sp³-hybridized carbons (Fsp3) is 0.188. The van der Waals surface area contributed by atoms with Gasteiger partial charge in [-0.3, -0.25) is 14.9 Å². The molecular formula is C16H13Cl2FN2O4. The number of rotatable bonds is 6. The number of nitro groups is 1. The minimum atomic E-state index is -0.719. The monoisotopic (exact) mass is 386 g/mol. The number of carbonyl (C=O) groups excluding carboxylic acids is 1. The van der Waals surface area contributed by atoms with E-state index in [4.69, 9.17) is 27.9 Å². The van der Waals surface area contributed by atoms with Crippen LogP contribution in [0.3, 0.4) is 0 Å². The molecule has 0 saturated heterocycles. The Balaban J connectivity index is 2.01. The molecule has 1 N–H and O–H groups in total. The van der Waals surface area contributed by atoms with Gasteiger partial charge in [-0.15, -0.1) is 0 Å². The number of carbonyl (C=O) groups is 1. The Morgan fingerprint density at radius 2 is 2.04 bits per heavy atom. The molecule has 0 bridgehead atoms. The van der Waals surface area contributed by atoms with Crippen molar-refractivity contribution in [1.29, 1.82) is 0 Å². The molecule has 132 valence electrons. The maximum Gasteiger partial charge on any atom is 0.311 e. The summed E-state index contributed by atoms with van der Waals surface area (Å²) in [5.74, 6) is -1.57. The topological polar surface area (TPSA) is 81.5 Å². The van der Waals surface area contributed by atoms with Crippen molar-refractivity contribution < 1.29 is 18.8 Å². The molecule has 0 saturated carbocycles. The second kappa shape index (κ2) is 8.13. The van der Waals surface area contributed by atoms with Crippen LogP contribution in [-0.4, -0.2) is 17.4 Å². The standard InChI is InChI=1S/C16H13Cl2FN2O4/c1-9(12-4-2-10(17)6-13(12)18)20-16(22)8-25-15-7-11(19)3-5-14(15)21(23)24/h2-7,9H,8H2,1H3,(H,20,22)/t9-/m1/s1. The van der Waals surface area contributed by atoms with Crippen molar-refractivity contribution in [2.24, 2.45) is 0 Å². The molecule has 25 heavy (non-hydrogen) atoms. The lowest BCUT2D eigenvalue weighted by molar-refractivity contribution is -0.385. The summed E-state index contributed by atoms with van der Waals surface area (Å²) in [5.41, 5.74) is 0.221. The van der Waals surface area contributed by atoms with Gasteiger partial charge in [-0.2, -0.15) is 0 Å². The summed E-state index contributed by atoms with van der Waals surface area (Å²) in [5, 5.41) is 14.4. The molecule has 0 aliphatic carbocycles. The third kappa shape index (κ3) is 5.04. The molecule has 0 spiro atoms. The maximum absolute atomic E-state index is 13.2. The van der Waals surface area contributed by atoms with Crippen molar-refractivity contribution in [3.63, 3.8) is 0 Å². The van der Waals surface area contributed by atoms with Gasteiger partial charge in [-0.1, -0.05) is 29.3 Å². The Labute approximate surface area is 152 Å². The molecule has 0 unspecified atom stereocenters. The second-order valence-electron chi connectivity index (χ2n) is 5.11. The van der Waals surface area contributed by atoms with E-state index < -0.39 is 35.0 Å². The van der Waals surface area contributed by atoms with Gasteiger partial charge in [0, 0.05) is 22.2 Å². The molecule has 1 atom stereocenters. The predicted octanol–water partition coefficient (Wildman–Crippen LogP) is 4.30. The van der Waals surface area contributed by atoms with Gasteiger partial charge in [0.15, 0.2) is 6.61 Å². The lowest BCUT2D eigenvalue weighted by Crippen LogP contribution is -2.31. The average molecular weight is 387 g/mol. The number of nitro benzene ring substituents is 1. The molecule has 2 aromatic rings. The normalized spacial score (nSPS) is 11.7. The van der Waals surface area contributed by atoms with E-state index in [9.17, 15) is 19.3 Å². The van der Waals surface area contributed by atoms with Crippen LogP contribution in [0.5, 0.6) is 5.75 Å². The fourth-order valence-corrected chi connectivity index (χ4v) is 2.68. The first-order valence-corrected chi connectivity index (χ1v) is 7.84. The zero-order valence-corrected chi connectivity index (χ0v) is 14.5. The fourth-order valence-electron chi connectivity index (χ4n) is 2.11. The summed E-state index contributed by atoms with van der Waals surface area (Å²) in [6, 6.07) is 7.18. The van der Waals surface area contributed by atoms with E-state index >= 15 is 0 Å². The number of nitrogens with zero attached hydrogens (tertiary/aromatic N) is 1. The van der Waals surface area contributed by atoms with Crippen molar-refractivity contribution in [2.45, 2.75) is 13.0 Å². The molecule has 1 amide bonds. The van der Waals surface area contributed by atoms with Gasteiger partial charge in [-0.05, 0) is 30.7 Å². The van der Waals surface area contributed by atoms with E-state index in [1.165, 1.54) is 0 Å². The van der Waals surface area contributed by atoms with Crippen LogP contribution in [0.4, 0.5) is 10.1 Å². The van der Waals surface area contributed by atoms with Gasteiger partial charge in [0.1, 0.15) is 5.82 Å². The van der Waals surface area contributed by atoms with Crippen LogP contribution >= 0.6 is 23.2 Å². The van der Waals surface area contributed by atoms with Crippen LogP contribution in [0.1, 0.15) is 18.5 Å². The van der Waals surface area contributed by atoms with Crippen molar-refractivity contribution in [1.82, 2.24) is 5.32 Å². The molecule has 0 radical (unpaired) electrons. The minimum Gasteiger partial charge on any atom is -0.477 e. The summed E-state index contributed by atoms with van der Waals surface area (Å²) in [6.45, 7) is 1.19. The number of halogens is 3. The van der Waals surface area contributed by atoms with Gasteiger partial charge in [0.2, 0.25) is 5.75 Å². The average Bonchev–Trinajstić information content (AvgIpc) is 2.52. The van der Waals surface area contributed by atoms with Crippen LogP contribution in [0.15, 0.2) is 36.4 Å². The molecule has 0 aliphatic rings. The Bertz CT molecular complexity index is 817. The number of hydrogen-bond acceptors (Lipinski definition) is 4. The predicted molar refractivity (Wildman–Crippen MR) is 91.6 cm³/mol. The number of benzene rings is 2. The van der Waals surface area contributed by atoms with Crippen LogP contribution < -0.4 is 10.1 Å². The Hall–Kier alpha value is -2.38. The van der Waals surface area contributed by atoms with Gasteiger partial charge in [0.05, 0.1) is 11.0 Å². The van der Waals surface area contributed by atoms with E-state index in [2.05, 4.69) is 5.32 Å². The maximum atomic E-state index is 13.2. The molecule has 2 rings (SSSR count). The molecule has 0 aromatic heterocycles. The summed E-state index contributed by atoms with van der Waals surface area (Å²) < 4.78 is 18.3. The summed E-state index contributed by atoms with van der Waals surface area (Å²) in [4.78, 5) is 22.1. The highest BCUT2D eigenvalue weighted by Gasteiger charge is 2.18. The Morgan fingerprint density at radius 1 is 1.32 bits per heavy atom. The number of hydrogen-bond donors (Lipinski definition) is 1. The number of nitrogens with one attached hydrogen (secondary N) is 1. The first-order chi connectivity index (χ1) is 11.8. The van der Waals surface area contributed by atoms with Crippen LogP contribution in [-0.2, 0) is 4.79 Å². The largest absolute Gasteiger partial charge is 0.477 e. The molecule has 2 aromatic carbocycles. The Morgan fingerprint density at radius 3 is 2.68 bits per heavy atom. The van der Waals surface area contributed by atoms with E-state index in [1.807, 2.05) is 0 Å². The van der Waals surface area contributed by atoms with Crippen LogP contribution in [0, 0.1) is 15.9 Å². The van der Waals surface area contributed by atoms with Gasteiger partial charge in [0.25, 0.3) is 5.91 Å². The van der Waals surface area contributed by atoms with E-state index in [-0.39, 0.29) is 5.75 Å². The Kier molecular flexibility index (Phi) is 6.17. The molecule has 0 heterocycles. The van der Waals surface area contributed by atoms with E-state index in [1.54, 1.807) is 25.1 Å². The highest BCUT2D eigenvalue weighted by Crippen LogP contribution is 2.28. The summed E-state index contributed by atoms with van der Waals surface area (Å²) >= 11 is 11.9. The van der Waals surface area contributed by atoms with Gasteiger partial charge < -0.3 is 10.1 Å². The summed E-state index contributed by atoms with van der Waals surface area (Å²) in [7, 11) is 0. The zero-order chi connectivity index (χ0) is 18.6. The SMILES string of the molecule is C[C@@H](NC(=O)COc1cc(F)ccc1[N+](=O)[O-])c1ccc(Cl)cc1Cl. The third-order valence-electron chi connectivity index (χ3n) is 3.28. The minimum absolute atomic E-state index is 0.322. The summed E-state index contributed by atoms with van der Waals surface area (Å²) in [6.07, 6.45) is 0. The van der Waals surface area contributed by atoms with Crippen molar-refractivity contribution >= 4 is 34.8 Å². The van der Waals surface area contributed by atoms with Crippen LogP contribution in [0.25, 0.3) is 0 Å². The van der Waals surface area contributed by atoms with Crippen molar-refractivity contribution in [3.8, 4) is 5.75 Å². The van der Waals surface area contributed by atoms with Crippen molar-refractivity contribution in [2.75, 3.05) is 6.61 Å². The van der Waals surface area contributed by atoms with Gasteiger partial charge >= 0.3 is 5.69 Å². The molecule has 9 heteroatoms. The zero-order valence-electron chi connectivity index (χ0n) is 13.0. The van der Waals surface area contributed by atoms with E-state index in [0.717, 1.165) is 18.2 Å². The highest BCUT2D eigenvalue weighted by molar-refractivity contribution is 6.35. The van der Waals surface area contributed by atoms with Crippen LogP contribution in [0.2, 0.25) is 10.0 Å². The van der Waals surface area contributed by atoms with E-state index in [0.29, 0.717) is 15.6 Å². The highest BCUT2D eigenvalue weighted by atomic mass is 35.5. The smallest absolute Gasteiger partial charge is 0.311 e. The van der Waals surface area contributed by atoms with Crippen molar-refractivity contribution in [3.05, 3.63) is 67.9 Å². The lowest BCUT2D eigenvalue weighted by atomic mass is 10.1. The molecule has 6 nitrogen and oxygen atoms in total. The quantitative estimate of drug-likeness (QED) is 0.592. The molecule has 0 fully saturated rings. The second-order valence-corrected chi connectivity index (χ2v) is 5.96. The first-order valence-electron chi connectivity index (χ1n) is 7.09. The molecular weight excluding hydrogens is 374 g/mol. The number of ether oxygens (including phenoxy) is 1. The molecule has 0 aliphatic heterocycles. The number of amides is 1. The first kappa shape index (κ1) is 19.0. The lowest BCUT2D eigenvalue weighted by Gasteiger charge is -2.16. The van der Waals surface area contributed by atoms with Gasteiger partial charge in [-0.25, -0.2) is 4.39 Å². The third-order valence-corrected chi connectivity index (χ3v) is 3.85.